The van der Waals surface area contributed by atoms with Crippen LogP contribution >= 0.6 is 0 Å². The van der Waals surface area contributed by atoms with Crippen LogP contribution in [0.25, 0.3) is 0 Å². The van der Waals surface area contributed by atoms with E-state index in [4.69, 9.17) is 4.74 Å². The number of nitrogens with zero attached hydrogens (tertiary/aromatic N) is 1. The van der Waals surface area contributed by atoms with Crippen LogP contribution in [0.15, 0.2) is 23.2 Å². The van der Waals surface area contributed by atoms with Gasteiger partial charge in [-0.3, -0.25) is 0 Å². The first-order valence-corrected chi connectivity index (χ1v) is 5.79. The van der Waals surface area contributed by atoms with Crippen LogP contribution in [0, 0.1) is 5.82 Å². The minimum absolute atomic E-state index is 0.246. The summed E-state index contributed by atoms with van der Waals surface area (Å²) in [6.07, 6.45) is 5.43. The first-order valence-electron chi connectivity index (χ1n) is 5.79. The van der Waals surface area contributed by atoms with Gasteiger partial charge in [0.15, 0.2) is 0 Å². The summed E-state index contributed by atoms with van der Waals surface area (Å²) >= 11 is 0. The smallest absolute Gasteiger partial charge is 0.235 e. The van der Waals surface area contributed by atoms with Crippen molar-refractivity contribution >= 4 is 6.08 Å². The second kappa shape index (κ2) is 3.67. The van der Waals surface area contributed by atoms with Crippen LogP contribution in [-0.2, 0) is 10.3 Å². The monoisotopic (exact) mass is 233 g/mol. The summed E-state index contributed by atoms with van der Waals surface area (Å²) in [5.41, 5.74) is 0.112. The molecule has 0 saturated heterocycles. The number of halogens is 1. The lowest BCUT2D eigenvalue weighted by Gasteiger charge is -2.15. The number of aliphatic imine (C=N–C) groups is 1. The lowest BCUT2D eigenvalue weighted by molar-refractivity contribution is 0.297. The number of isocyanates is 1. The van der Waals surface area contributed by atoms with E-state index < -0.39 is 5.54 Å². The predicted molar refractivity (Wildman–Crippen MR) is 59.1 cm³/mol. The fourth-order valence-electron chi connectivity index (χ4n) is 1.98. The Balaban J connectivity index is 2.00. The van der Waals surface area contributed by atoms with Gasteiger partial charge in [-0.15, -0.1) is 0 Å². The topological polar surface area (TPSA) is 38.7 Å². The molecule has 3 nitrogen and oxygen atoms in total. The predicted octanol–water partition coefficient (Wildman–Crippen LogP) is 2.69. The van der Waals surface area contributed by atoms with Gasteiger partial charge in [0.25, 0.3) is 0 Å². The van der Waals surface area contributed by atoms with Gasteiger partial charge in [0.1, 0.15) is 17.1 Å². The van der Waals surface area contributed by atoms with E-state index in [-0.39, 0.29) is 11.9 Å². The molecular formula is C13H12FNO2. The highest BCUT2D eigenvalue weighted by Gasteiger charge is 2.47. The Morgan fingerprint density at radius 3 is 2.76 bits per heavy atom. The molecule has 17 heavy (non-hydrogen) atoms. The molecule has 0 bridgehead atoms. The van der Waals surface area contributed by atoms with Crippen molar-refractivity contribution in [1.82, 2.24) is 0 Å². The van der Waals surface area contributed by atoms with Gasteiger partial charge in [-0.2, -0.15) is 4.99 Å². The van der Waals surface area contributed by atoms with Gasteiger partial charge in [-0.25, -0.2) is 9.18 Å². The van der Waals surface area contributed by atoms with Crippen LogP contribution in [-0.4, -0.2) is 12.2 Å². The third-order valence-corrected chi connectivity index (χ3v) is 3.24. The summed E-state index contributed by atoms with van der Waals surface area (Å²) in [5.74, 6) is 0.334. The van der Waals surface area contributed by atoms with E-state index in [0.29, 0.717) is 11.3 Å². The molecule has 4 heteroatoms. The Hall–Kier alpha value is -1.67. The second-order valence-electron chi connectivity index (χ2n) is 4.69. The third kappa shape index (κ3) is 1.96. The molecule has 0 aliphatic heterocycles. The van der Waals surface area contributed by atoms with Crippen molar-refractivity contribution in [2.75, 3.05) is 0 Å². The molecular weight excluding hydrogens is 221 g/mol. The lowest BCUT2D eigenvalue weighted by atomic mass is 10.0. The Morgan fingerprint density at radius 2 is 2.18 bits per heavy atom. The molecule has 2 aliphatic rings. The van der Waals surface area contributed by atoms with E-state index in [1.165, 1.54) is 12.1 Å². The van der Waals surface area contributed by atoms with Gasteiger partial charge in [0, 0.05) is 5.56 Å². The molecule has 1 aromatic carbocycles. The van der Waals surface area contributed by atoms with Crippen molar-refractivity contribution in [1.29, 1.82) is 0 Å². The van der Waals surface area contributed by atoms with Crippen molar-refractivity contribution < 1.29 is 13.9 Å². The maximum Gasteiger partial charge on any atom is 0.235 e. The molecule has 88 valence electrons. The van der Waals surface area contributed by atoms with Gasteiger partial charge in [-0.1, -0.05) is 0 Å². The molecule has 0 heterocycles. The Kier molecular flexibility index (Phi) is 2.26. The summed E-state index contributed by atoms with van der Waals surface area (Å²) in [4.78, 5) is 14.3. The van der Waals surface area contributed by atoms with Gasteiger partial charge >= 0.3 is 0 Å². The highest BCUT2D eigenvalue weighted by molar-refractivity contribution is 5.47. The van der Waals surface area contributed by atoms with E-state index in [1.54, 1.807) is 12.1 Å². The molecule has 2 saturated carbocycles. The minimum atomic E-state index is -0.575. The van der Waals surface area contributed by atoms with Crippen LogP contribution in [0.3, 0.4) is 0 Å². The fraction of sp³-hybridized carbons (Fsp3) is 0.462. The van der Waals surface area contributed by atoms with Crippen LogP contribution in [0.4, 0.5) is 4.39 Å². The molecule has 0 amide bonds. The first kappa shape index (κ1) is 10.5. The summed E-state index contributed by atoms with van der Waals surface area (Å²) in [6, 6.07) is 4.43. The molecule has 0 N–H and O–H groups in total. The molecule has 0 unspecified atom stereocenters. The van der Waals surface area contributed by atoms with Crippen molar-refractivity contribution in [2.24, 2.45) is 4.99 Å². The lowest BCUT2D eigenvalue weighted by Crippen LogP contribution is -2.08. The Labute approximate surface area is 98.3 Å². The van der Waals surface area contributed by atoms with E-state index in [0.717, 1.165) is 25.7 Å². The zero-order chi connectivity index (χ0) is 11.9. The van der Waals surface area contributed by atoms with Crippen LogP contribution < -0.4 is 4.74 Å². The molecule has 0 radical (unpaired) electrons. The molecule has 0 atom stereocenters. The maximum absolute atomic E-state index is 13.3. The molecule has 3 rings (SSSR count). The van der Waals surface area contributed by atoms with E-state index in [1.807, 2.05) is 0 Å². The van der Waals surface area contributed by atoms with Gasteiger partial charge in [0.05, 0.1) is 6.10 Å². The first-order chi connectivity index (χ1) is 8.23. The highest BCUT2D eigenvalue weighted by Crippen LogP contribution is 2.52. The second-order valence-corrected chi connectivity index (χ2v) is 4.69. The zero-order valence-corrected chi connectivity index (χ0v) is 9.28. The summed E-state index contributed by atoms with van der Waals surface area (Å²) in [6.45, 7) is 0. The third-order valence-electron chi connectivity index (χ3n) is 3.24. The van der Waals surface area contributed by atoms with Crippen molar-refractivity contribution in [3.8, 4) is 5.75 Å². The van der Waals surface area contributed by atoms with Crippen LogP contribution in [0.5, 0.6) is 5.75 Å². The maximum atomic E-state index is 13.3. The van der Waals surface area contributed by atoms with Crippen molar-refractivity contribution in [3.63, 3.8) is 0 Å². The Morgan fingerprint density at radius 1 is 1.41 bits per heavy atom. The van der Waals surface area contributed by atoms with Gasteiger partial charge in [0.2, 0.25) is 6.08 Å². The summed E-state index contributed by atoms with van der Waals surface area (Å²) < 4.78 is 19.0. The number of carbonyl (C=O) groups excluding carboxylic acids is 1. The largest absolute Gasteiger partial charge is 0.490 e. The number of hydrogen-bond acceptors (Lipinski definition) is 3. The number of rotatable bonds is 4. The van der Waals surface area contributed by atoms with E-state index in [9.17, 15) is 9.18 Å². The van der Waals surface area contributed by atoms with Crippen LogP contribution in [0.2, 0.25) is 0 Å². The fourth-order valence-corrected chi connectivity index (χ4v) is 1.98. The van der Waals surface area contributed by atoms with E-state index in [2.05, 4.69) is 4.99 Å². The number of hydrogen-bond donors (Lipinski definition) is 0. The average molecular weight is 233 g/mol. The summed E-state index contributed by atoms with van der Waals surface area (Å²) in [7, 11) is 0. The molecule has 0 aromatic heterocycles. The van der Waals surface area contributed by atoms with Crippen molar-refractivity contribution in [2.45, 2.75) is 37.3 Å². The van der Waals surface area contributed by atoms with Crippen LogP contribution in [0.1, 0.15) is 31.2 Å². The highest BCUT2D eigenvalue weighted by atomic mass is 19.1. The quantitative estimate of drug-likeness (QED) is 0.592. The van der Waals surface area contributed by atoms with E-state index >= 15 is 0 Å². The number of ether oxygens (including phenoxy) is 1. The minimum Gasteiger partial charge on any atom is -0.490 e. The molecule has 0 spiro atoms. The Bertz CT molecular complexity index is 500. The number of benzene rings is 1. The van der Waals surface area contributed by atoms with Crippen molar-refractivity contribution in [3.05, 3.63) is 29.6 Å². The van der Waals surface area contributed by atoms with Gasteiger partial charge in [-0.05, 0) is 43.9 Å². The standard InChI is InChI=1S/C13H12FNO2/c14-9-1-4-12(17-10-2-3-10)11(7-9)13(5-6-13)15-8-16/h1,4,7,10H,2-3,5-6H2. The molecule has 1 aromatic rings. The molecule has 2 aliphatic carbocycles. The normalized spacial score (nSPS) is 20.5. The average Bonchev–Trinajstić information content (AvgIpc) is 3.17. The SMILES string of the molecule is O=C=NC1(c2cc(F)ccc2OC2CC2)CC1. The molecule has 2 fully saturated rings. The van der Waals surface area contributed by atoms with Gasteiger partial charge < -0.3 is 4.74 Å². The zero-order valence-electron chi connectivity index (χ0n) is 9.28. The summed E-state index contributed by atoms with van der Waals surface area (Å²) in [5, 5.41) is 0.